The minimum absolute atomic E-state index is 0.144. The molecule has 1 heterocycles. The fourth-order valence-corrected chi connectivity index (χ4v) is 2.97. The van der Waals surface area contributed by atoms with Gasteiger partial charge in [0.05, 0.1) is 11.3 Å². The average molecular weight is 297 g/mol. The zero-order valence-electron chi connectivity index (χ0n) is 11.5. The van der Waals surface area contributed by atoms with Crippen LogP contribution < -0.4 is 16.4 Å². The molecule has 0 bridgehead atoms. The van der Waals surface area contributed by atoms with E-state index in [2.05, 4.69) is 34.2 Å². The zero-order valence-corrected chi connectivity index (χ0v) is 12.3. The number of rotatable bonds is 3. The van der Waals surface area contributed by atoms with Gasteiger partial charge >= 0.3 is 0 Å². The van der Waals surface area contributed by atoms with E-state index in [0.717, 1.165) is 5.69 Å². The van der Waals surface area contributed by atoms with Crippen LogP contribution in [-0.4, -0.2) is 13.0 Å². The highest BCUT2D eigenvalue weighted by Crippen LogP contribution is 2.28. The van der Waals surface area contributed by atoms with Crippen LogP contribution in [0.25, 0.3) is 10.1 Å². The number of anilines is 3. The van der Waals surface area contributed by atoms with E-state index in [1.807, 2.05) is 6.07 Å². The quantitative estimate of drug-likeness (QED) is 0.647. The Balaban J connectivity index is 1.99. The van der Waals surface area contributed by atoms with Crippen molar-refractivity contribution in [2.75, 3.05) is 18.1 Å². The van der Waals surface area contributed by atoms with Crippen LogP contribution in [0.3, 0.4) is 0 Å². The van der Waals surface area contributed by atoms with Gasteiger partial charge in [-0.25, -0.2) is 0 Å². The number of nitrogens with one attached hydrogen (secondary N) is 2. The molecular weight excluding hydrogens is 282 g/mol. The van der Waals surface area contributed by atoms with Crippen molar-refractivity contribution in [3.8, 4) is 0 Å². The van der Waals surface area contributed by atoms with E-state index < -0.39 is 0 Å². The Hall–Kier alpha value is -2.53. The summed E-state index contributed by atoms with van der Waals surface area (Å²) in [4.78, 5) is 11.9. The maximum absolute atomic E-state index is 11.9. The van der Waals surface area contributed by atoms with E-state index in [1.54, 1.807) is 36.6 Å². The summed E-state index contributed by atoms with van der Waals surface area (Å²) < 4.78 is 1.24. The number of thiophene rings is 1. The van der Waals surface area contributed by atoms with E-state index in [1.165, 1.54) is 10.1 Å². The van der Waals surface area contributed by atoms with Crippen LogP contribution in [0.15, 0.2) is 47.8 Å². The summed E-state index contributed by atoms with van der Waals surface area (Å²) in [5.74, 6) is -0.144. The van der Waals surface area contributed by atoms with Gasteiger partial charge in [-0.1, -0.05) is 0 Å². The van der Waals surface area contributed by atoms with Gasteiger partial charge in [-0.3, -0.25) is 4.79 Å². The number of benzene rings is 2. The Bertz CT molecular complexity index is 810. The summed E-state index contributed by atoms with van der Waals surface area (Å²) in [6, 6.07) is 13.4. The van der Waals surface area contributed by atoms with Gasteiger partial charge in [-0.05, 0) is 53.2 Å². The van der Waals surface area contributed by atoms with Crippen molar-refractivity contribution in [2.45, 2.75) is 0 Å². The Labute approximate surface area is 126 Å². The maximum Gasteiger partial charge on any atom is 0.253 e. The molecule has 0 fully saturated rings. The topological polar surface area (TPSA) is 67.2 Å². The highest BCUT2D eigenvalue weighted by atomic mass is 32.1. The monoisotopic (exact) mass is 297 g/mol. The SMILES string of the molecule is CNC(=O)c1ccc(N)cc1Nc1ccc2sccc2c1. The molecule has 0 saturated heterocycles. The van der Waals surface area contributed by atoms with E-state index in [9.17, 15) is 4.79 Å². The predicted molar refractivity (Wildman–Crippen MR) is 89.4 cm³/mol. The number of nitrogen functional groups attached to an aromatic ring is 1. The molecule has 0 aliphatic heterocycles. The summed E-state index contributed by atoms with van der Waals surface area (Å²) >= 11 is 1.70. The van der Waals surface area contributed by atoms with Crippen LogP contribution in [-0.2, 0) is 0 Å². The first-order valence-corrected chi connectivity index (χ1v) is 7.41. The van der Waals surface area contributed by atoms with E-state index in [4.69, 9.17) is 5.73 Å². The van der Waals surface area contributed by atoms with Crippen molar-refractivity contribution in [2.24, 2.45) is 0 Å². The van der Waals surface area contributed by atoms with E-state index in [-0.39, 0.29) is 5.91 Å². The number of amides is 1. The summed E-state index contributed by atoms with van der Waals surface area (Å²) in [7, 11) is 1.61. The molecule has 3 rings (SSSR count). The predicted octanol–water partition coefficient (Wildman–Crippen LogP) is 3.59. The molecule has 0 aliphatic rings. The van der Waals surface area contributed by atoms with Gasteiger partial charge in [0.25, 0.3) is 5.91 Å². The molecule has 21 heavy (non-hydrogen) atoms. The lowest BCUT2D eigenvalue weighted by atomic mass is 10.1. The second-order valence-electron chi connectivity index (χ2n) is 4.68. The van der Waals surface area contributed by atoms with Gasteiger partial charge in [0, 0.05) is 23.1 Å². The molecule has 2 aromatic carbocycles. The first kappa shape index (κ1) is 13.5. The third-order valence-electron chi connectivity index (χ3n) is 3.25. The summed E-state index contributed by atoms with van der Waals surface area (Å²) in [5, 5.41) is 9.15. The smallest absolute Gasteiger partial charge is 0.253 e. The fourth-order valence-electron chi connectivity index (χ4n) is 2.20. The number of carbonyl (C=O) groups is 1. The van der Waals surface area contributed by atoms with Crippen molar-refractivity contribution in [1.82, 2.24) is 5.32 Å². The van der Waals surface area contributed by atoms with Crippen molar-refractivity contribution < 1.29 is 4.79 Å². The molecule has 1 aromatic heterocycles. The highest BCUT2D eigenvalue weighted by molar-refractivity contribution is 7.17. The lowest BCUT2D eigenvalue weighted by Gasteiger charge is -2.12. The lowest BCUT2D eigenvalue weighted by Crippen LogP contribution is -2.19. The molecule has 1 amide bonds. The van der Waals surface area contributed by atoms with Crippen LogP contribution in [0.2, 0.25) is 0 Å². The minimum Gasteiger partial charge on any atom is -0.399 e. The Morgan fingerprint density at radius 1 is 1.14 bits per heavy atom. The van der Waals surface area contributed by atoms with Crippen molar-refractivity contribution in [3.05, 3.63) is 53.4 Å². The Kier molecular flexibility index (Phi) is 3.50. The average Bonchev–Trinajstić information content (AvgIpc) is 2.94. The van der Waals surface area contributed by atoms with Gasteiger partial charge in [-0.2, -0.15) is 0 Å². The van der Waals surface area contributed by atoms with Crippen LogP contribution in [0.4, 0.5) is 17.1 Å². The highest BCUT2D eigenvalue weighted by Gasteiger charge is 2.10. The number of hydrogen-bond donors (Lipinski definition) is 3. The fraction of sp³-hybridized carbons (Fsp3) is 0.0625. The van der Waals surface area contributed by atoms with Crippen LogP contribution in [0.1, 0.15) is 10.4 Å². The van der Waals surface area contributed by atoms with Gasteiger partial charge in [0.1, 0.15) is 0 Å². The second-order valence-corrected chi connectivity index (χ2v) is 5.63. The van der Waals surface area contributed by atoms with E-state index in [0.29, 0.717) is 16.9 Å². The molecule has 4 nitrogen and oxygen atoms in total. The van der Waals surface area contributed by atoms with Crippen molar-refractivity contribution in [1.29, 1.82) is 0 Å². The number of nitrogens with two attached hydrogens (primary N) is 1. The number of hydrogen-bond acceptors (Lipinski definition) is 4. The Morgan fingerprint density at radius 2 is 2.00 bits per heavy atom. The zero-order chi connectivity index (χ0) is 14.8. The molecule has 0 radical (unpaired) electrons. The standard InChI is InChI=1S/C16H15N3OS/c1-18-16(20)13-4-2-11(17)9-14(13)19-12-3-5-15-10(8-12)6-7-21-15/h2-9,19H,17H2,1H3,(H,18,20). The van der Waals surface area contributed by atoms with Crippen molar-refractivity contribution >= 4 is 44.4 Å². The normalized spacial score (nSPS) is 10.5. The first-order valence-electron chi connectivity index (χ1n) is 6.53. The molecule has 0 spiro atoms. The molecule has 4 N–H and O–H groups in total. The number of carbonyl (C=O) groups excluding carboxylic acids is 1. The van der Waals surface area contributed by atoms with Crippen molar-refractivity contribution in [3.63, 3.8) is 0 Å². The first-order chi connectivity index (χ1) is 10.2. The molecule has 106 valence electrons. The molecule has 0 aliphatic carbocycles. The molecule has 0 unspecified atom stereocenters. The summed E-state index contributed by atoms with van der Waals surface area (Å²) in [6.45, 7) is 0. The third-order valence-corrected chi connectivity index (χ3v) is 4.14. The van der Waals surface area contributed by atoms with Crippen LogP contribution >= 0.6 is 11.3 Å². The molecule has 5 heteroatoms. The van der Waals surface area contributed by atoms with Gasteiger partial charge < -0.3 is 16.4 Å². The van der Waals surface area contributed by atoms with Gasteiger partial charge in [0.2, 0.25) is 0 Å². The molecule has 3 aromatic rings. The molecule has 0 atom stereocenters. The Morgan fingerprint density at radius 3 is 2.81 bits per heavy atom. The second kappa shape index (κ2) is 5.46. The largest absolute Gasteiger partial charge is 0.399 e. The van der Waals surface area contributed by atoms with Crippen LogP contribution in [0, 0.1) is 0 Å². The molecular formula is C16H15N3OS. The lowest BCUT2D eigenvalue weighted by molar-refractivity contribution is 0.0964. The summed E-state index contributed by atoms with van der Waals surface area (Å²) in [6.07, 6.45) is 0. The van der Waals surface area contributed by atoms with Crippen LogP contribution in [0.5, 0.6) is 0 Å². The maximum atomic E-state index is 11.9. The minimum atomic E-state index is -0.144. The van der Waals surface area contributed by atoms with E-state index >= 15 is 0 Å². The van der Waals surface area contributed by atoms with Gasteiger partial charge in [-0.15, -0.1) is 11.3 Å². The summed E-state index contributed by atoms with van der Waals surface area (Å²) in [5.41, 5.74) is 8.63. The molecule has 0 saturated carbocycles. The third kappa shape index (κ3) is 2.68. The van der Waals surface area contributed by atoms with Gasteiger partial charge in [0.15, 0.2) is 0 Å². The number of fused-ring (bicyclic) bond motifs is 1.